The van der Waals surface area contributed by atoms with E-state index in [-0.39, 0.29) is 11.5 Å². The van der Waals surface area contributed by atoms with Crippen LogP contribution in [0.15, 0.2) is 59.0 Å². The smallest absolute Gasteiger partial charge is 0.131 e. The number of hydrogen-bond acceptors (Lipinski definition) is 4. The summed E-state index contributed by atoms with van der Waals surface area (Å²) in [7, 11) is 0. The molecule has 0 amide bonds. The number of para-hydroxylation sites is 2. The highest BCUT2D eigenvalue weighted by atomic mass is 16.3. The lowest BCUT2D eigenvalue weighted by atomic mass is 10.1. The highest BCUT2D eigenvalue weighted by Gasteiger charge is 2.01. The number of hydrogen-bond donors (Lipinski definition) is 2. The predicted molar refractivity (Wildman–Crippen MR) is 91.2 cm³/mol. The minimum atomic E-state index is 0.180. The van der Waals surface area contributed by atoms with Crippen molar-refractivity contribution in [3.63, 3.8) is 0 Å². The molecule has 0 aromatic heterocycles. The molecule has 0 aliphatic rings. The zero-order chi connectivity index (χ0) is 15.8. The van der Waals surface area contributed by atoms with E-state index in [1.807, 2.05) is 12.1 Å². The molecule has 4 nitrogen and oxygen atoms in total. The van der Waals surface area contributed by atoms with Gasteiger partial charge in [-0.2, -0.15) is 0 Å². The normalized spacial score (nSPS) is 11.3. The molecule has 2 N–H and O–H groups in total. The summed E-state index contributed by atoms with van der Waals surface area (Å²) in [6, 6.07) is 12.4. The fraction of sp³-hybridized carbons (Fsp3) is 0.111. The lowest BCUT2D eigenvalue weighted by molar-refractivity contribution is 0.473. The Balaban J connectivity index is 1.89. The van der Waals surface area contributed by atoms with Crippen molar-refractivity contribution in [1.82, 2.24) is 0 Å². The molecular formula is C18H18N2O2. The third-order valence-electron chi connectivity index (χ3n) is 3.07. The topological polar surface area (TPSA) is 65.2 Å². The van der Waals surface area contributed by atoms with Gasteiger partial charge in [0.1, 0.15) is 11.5 Å². The van der Waals surface area contributed by atoms with Gasteiger partial charge in [0.25, 0.3) is 0 Å². The van der Waals surface area contributed by atoms with Gasteiger partial charge in [-0.3, -0.25) is 9.98 Å². The molecule has 0 unspecified atom stereocenters. The van der Waals surface area contributed by atoms with E-state index in [0.717, 1.165) is 0 Å². The van der Waals surface area contributed by atoms with Gasteiger partial charge in [0, 0.05) is 29.1 Å². The van der Waals surface area contributed by atoms with Crippen LogP contribution in [0.1, 0.15) is 16.7 Å². The third-order valence-corrected chi connectivity index (χ3v) is 3.07. The van der Waals surface area contributed by atoms with E-state index in [9.17, 15) is 10.2 Å². The van der Waals surface area contributed by atoms with Crippen molar-refractivity contribution in [1.29, 1.82) is 0 Å². The molecule has 0 aliphatic carbocycles. The van der Waals surface area contributed by atoms with Crippen molar-refractivity contribution in [3.8, 4) is 11.5 Å². The van der Waals surface area contributed by atoms with Crippen molar-refractivity contribution in [2.75, 3.05) is 13.1 Å². The van der Waals surface area contributed by atoms with E-state index in [2.05, 4.69) is 16.6 Å². The molecule has 4 heteroatoms. The maximum Gasteiger partial charge on any atom is 0.131 e. The van der Waals surface area contributed by atoms with Gasteiger partial charge in [-0.25, -0.2) is 0 Å². The van der Waals surface area contributed by atoms with Crippen LogP contribution in [0.4, 0.5) is 0 Å². The third kappa shape index (κ3) is 4.06. The number of aliphatic imine (C=N–C) groups is 2. The number of phenolic OH excluding ortho intramolecular Hbond substituents is 2. The van der Waals surface area contributed by atoms with E-state index < -0.39 is 0 Å². The van der Waals surface area contributed by atoms with E-state index in [1.165, 1.54) is 0 Å². The van der Waals surface area contributed by atoms with Gasteiger partial charge >= 0.3 is 0 Å². The molecule has 0 saturated heterocycles. The first-order valence-electron chi connectivity index (χ1n) is 6.94. The van der Waals surface area contributed by atoms with Crippen LogP contribution in [0, 0.1) is 0 Å². The monoisotopic (exact) mass is 294 g/mol. The van der Waals surface area contributed by atoms with Gasteiger partial charge in [-0.1, -0.05) is 36.9 Å². The van der Waals surface area contributed by atoms with Crippen molar-refractivity contribution >= 4 is 18.5 Å². The van der Waals surface area contributed by atoms with Crippen LogP contribution >= 0.6 is 0 Å². The first-order valence-corrected chi connectivity index (χ1v) is 6.94. The van der Waals surface area contributed by atoms with Crippen LogP contribution in [-0.4, -0.2) is 35.7 Å². The Morgan fingerprint density at radius 3 is 2.09 bits per heavy atom. The second-order valence-electron chi connectivity index (χ2n) is 4.62. The van der Waals surface area contributed by atoms with Crippen LogP contribution in [0.25, 0.3) is 6.08 Å². The quantitative estimate of drug-likeness (QED) is 0.634. The fourth-order valence-corrected chi connectivity index (χ4v) is 1.89. The largest absolute Gasteiger partial charge is 0.507 e. The molecule has 0 atom stereocenters. The summed E-state index contributed by atoms with van der Waals surface area (Å²) in [6.07, 6.45) is 4.85. The summed E-state index contributed by atoms with van der Waals surface area (Å²) < 4.78 is 0. The number of rotatable bonds is 6. The van der Waals surface area contributed by atoms with Gasteiger partial charge in [0.2, 0.25) is 0 Å². The molecule has 2 aromatic rings. The Kier molecular flexibility index (Phi) is 5.49. The molecule has 2 aromatic carbocycles. The van der Waals surface area contributed by atoms with Crippen molar-refractivity contribution < 1.29 is 10.2 Å². The molecular weight excluding hydrogens is 276 g/mol. The summed E-state index contributed by atoms with van der Waals surface area (Å²) in [5.41, 5.74) is 2.02. The fourth-order valence-electron chi connectivity index (χ4n) is 1.89. The lowest BCUT2D eigenvalue weighted by Gasteiger charge is -2.02. The maximum atomic E-state index is 9.95. The van der Waals surface area contributed by atoms with Crippen molar-refractivity contribution in [2.45, 2.75) is 0 Å². The van der Waals surface area contributed by atoms with Crippen LogP contribution in [0.3, 0.4) is 0 Å². The van der Waals surface area contributed by atoms with Gasteiger partial charge in [0.05, 0.1) is 13.1 Å². The Morgan fingerprint density at radius 1 is 0.818 bits per heavy atom. The van der Waals surface area contributed by atoms with Gasteiger partial charge in [-0.15, -0.1) is 0 Å². The van der Waals surface area contributed by atoms with Gasteiger partial charge in [-0.05, 0) is 18.2 Å². The zero-order valence-corrected chi connectivity index (χ0v) is 12.2. The Labute approximate surface area is 129 Å². The standard InChI is InChI=1S/C18H18N2O2/c1-2-14-7-5-8-16(18(14)22)13-20-11-10-19-12-15-6-3-4-9-17(15)21/h2-9,12-13,21-22H,1,10-11H2. The molecule has 0 fully saturated rings. The second-order valence-corrected chi connectivity index (χ2v) is 4.62. The Hall–Kier alpha value is -2.88. The van der Waals surface area contributed by atoms with Gasteiger partial charge in [0.15, 0.2) is 0 Å². The van der Waals surface area contributed by atoms with E-state index >= 15 is 0 Å². The van der Waals surface area contributed by atoms with Crippen molar-refractivity contribution in [2.24, 2.45) is 9.98 Å². The summed E-state index contributed by atoms with van der Waals surface area (Å²) in [5.74, 6) is 0.389. The van der Waals surface area contributed by atoms with E-state index in [0.29, 0.717) is 29.8 Å². The summed E-state index contributed by atoms with van der Waals surface area (Å²) in [6.45, 7) is 4.65. The second kappa shape index (κ2) is 7.78. The minimum Gasteiger partial charge on any atom is -0.507 e. The highest BCUT2D eigenvalue weighted by molar-refractivity contribution is 5.85. The number of nitrogens with zero attached hydrogens (tertiary/aromatic N) is 2. The lowest BCUT2D eigenvalue weighted by Crippen LogP contribution is -1.91. The molecule has 0 saturated carbocycles. The SMILES string of the molecule is C=Cc1cccc(C=NCCN=Cc2ccccc2O)c1O. The molecule has 112 valence electrons. The molecule has 2 rings (SSSR count). The summed E-state index contributed by atoms with van der Waals surface area (Å²) in [5, 5.41) is 19.5. The minimum absolute atomic E-state index is 0.180. The van der Waals surface area contributed by atoms with Crippen LogP contribution in [0.5, 0.6) is 11.5 Å². The molecule has 0 radical (unpaired) electrons. The first-order chi connectivity index (χ1) is 10.7. The van der Waals surface area contributed by atoms with Crippen LogP contribution < -0.4 is 0 Å². The molecule has 0 bridgehead atoms. The van der Waals surface area contributed by atoms with Crippen LogP contribution in [0.2, 0.25) is 0 Å². The number of phenols is 2. The zero-order valence-electron chi connectivity index (χ0n) is 12.2. The highest BCUT2D eigenvalue weighted by Crippen LogP contribution is 2.21. The molecule has 0 heterocycles. The molecule has 22 heavy (non-hydrogen) atoms. The van der Waals surface area contributed by atoms with Gasteiger partial charge < -0.3 is 10.2 Å². The summed E-state index contributed by atoms with van der Waals surface area (Å²) in [4.78, 5) is 8.45. The molecule has 0 spiro atoms. The Morgan fingerprint density at radius 2 is 1.41 bits per heavy atom. The Bertz CT molecular complexity index is 706. The van der Waals surface area contributed by atoms with E-state index in [1.54, 1.807) is 48.8 Å². The maximum absolute atomic E-state index is 9.95. The number of benzene rings is 2. The average molecular weight is 294 g/mol. The summed E-state index contributed by atoms with van der Waals surface area (Å²) >= 11 is 0. The average Bonchev–Trinajstić information content (AvgIpc) is 2.53. The first kappa shape index (κ1) is 15.5. The van der Waals surface area contributed by atoms with Crippen molar-refractivity contribution in [3.05, 3.63) is 65.7 Å². The van der Waals surface area contributed by atoms with E-state index in [4.69, 9.17) is 0 Å². The van der Waals surface area contributed by atoms with Crippen LogP contribution in [-0.2, 0) is 0 Å². The molecule has 0 aliphatic heterocycles. The predicted octanol–water partition coefficient (Wildman–Crippen LogP) is 3.28. The number of aromatic hydroxyl groups is 2.